The average Bonchev–Trinajstić information content (AvgIpc) is 3.28. The molecule has 0 amide bonds. The van der Waals surface area contributed by atoms with Crippen LogP contribution in [0.1, 0.15) is 84.9 Å². The lowest BCUT2D eigenvalue weighted by molar-refractivity contribution is 0.333. The van der Waals surface area contributed by atoms with Crippen molar-refractivity contribution in [3.8, 4) is 11.3 Å². The zero-order valence-corrected chi connectivity index (χ0v) is 22.0. The Bertz CT molecular complexity index is 1950. The van der Waals surface area contributed by atoms with Crippen molar-refractivity contribution in [2.45, 2.75) is 77.6 Å². The van der Waals surface area contributed by atoms with Crippen molar-refractivity contribution < 1.29 is 15.7 Å². The van der Waals surface area contributed by atoms with Crippen molar-refractivity contribution >= 4 is 32.7 Å². The van der Waals surface area contributed by atoms with E-state index < -0.39 is 11.2 Å². The van der Waals surface area contributed by atoms with E-state index in [1.165, 1.54) is 0 Å². The third-order valence-electron chi connectivity index (χ3n) is 7.91. The van der Waals surface area contributed by atoms with Gasteiger partial charge < -0.3 is 4.42 Å². The summed E-state index contributed by atoms with van der Waals surface area (Å²) in [4.78, 5) is 4.63. The Labute approximate surface area is 219 Å². The Hall–Kier alpha value is -3.20. The molecule has 0 saturated carbocycles. The van der Waals surface area contributed by atoms with Crippen molar-refractivity contribution in [1.29, 1.82) is 0 Å². The molecular weight excluding hydrogens is 445 g/mol. The Balaban J connectivity index is 1.79. The Morgan fingerprint density at radius 1 is 0.972 bits per heavy atom. The van der Waals surface area contributed by atoms with Gasteiger partial charge in [-0.1, -0.05) is 72.6 Å². The van der Waals surface area contributed by atoms with E-state index in [-0.39, 0.29) is 46.6 Å². The Morgan fingerprint density at radius 3 is 2.44 bits per heavy atom. The van der Waals surface area contributed by atoms with E-state index in [0.717, 1.165) is 34.7 Å². The first kappa shape index (κ1) is 18.1. The van der Waals surface area contributed by atoms with Gasteiger partial charge in [-0.25, -0.2) is 4.39 Å². The first-order chi connectivity index (χ1) is 19.0. The summed E-state index contributed by atoms with van der Waals surface area (Å²) in [6.07, 6.45) is 3.54. The lowest BCUT2D eigenvalue weighted by atomic mass is 9.62. The maximum atomic E-state index is 15.8. The summed E-state index contributed by atoms with van der Waals surface area (Å²) in [6.45, 7) is 14.4. The Kier molecular flexibility index (Phi) is 3.73. The summed E-state index contributed by atoms with van der Waals surface area (Å²) in [6, 6.07) is 4.17. The van der Waals surface area contributed by atoms with Crippen LogP contribution in [0.2, 0.25) is 0 Å². The normalized spacial score (nSPS) is 19.1. The van der Waals surface area contributed by atoms with Crippen LogP contribution in [0.3, 0.4) is 0 Å². The first-order valence-corrected chi connectivity index (χ1v) is 12.6. The van der Waals surface area contributed by atoms with E-state index in [1.807, 2.05) is 26.8 Å². The van der Waals surface area contributed by atoms with Gasteiger partial charge in [0.05, 0.1) is 6.85 Å². The van der Waals surface area contributed by atoms with E-state index >= 15 is 4.39 Å². The molecule has 2 aromatic heterocycles. The van der Waals surface area contributed by atoms with Gasteiger partial charge in [-0.15, -0.1) is 0 Å². The number of furan rings is 1. The minimum atomic E-state index is -0.619. The van der Waals surface area contributed by atoms with Gasteiger partial charge in [0, 0.05) is 22.5 Å². The lowest BCUT2D eigenvalue weighted by Crippen LogP contribution is -2.34. The maximum Gasteiger partial charge on any atom is 0.171 e. The summed E-state index contributed by atoms with van der Waals surface area (Å²) < 4.78 is 65.3. The van der Waals surface area contributed by atoms with Crippen LogP contribution >= 0.6 is 0 Å². The van der Waals surface area contributed by atoms with Gasteiger partial charge in [-0.2, -0.15) is 0 Å². The zero-order valence-electron chi connectivity index (χ0n) is 27.0. The fraction of sp³-hybridized carbons (Fsp3) is 0.364. The number of rotatable bonds is 1. The molecule has 2 nitrogen and oxygen atoms in total. The number of aromatic nitrogens is 1. The monoisotopic (exact) mass is 484 g/mol. The molecule has 3 aromatic carbocycles. The van der Waals surface area contributed by atoms with Gasteiger partial charge in [0.2, 0.25) is 0 Å². The van der Waals surface area contributed by atoms with Gasteiger partial charge >= 0.3 is 0 Å². The molecule has 0 spiro atoms. The molecule has 0 radical (unpaired) electrons. The molecule has 0 N–H and O–H groups in total. The highest BCUT2D eigenvalue weighted by Gasteiger charge is 2.40. The summed E-state index contributed by atoms with van der Waals surface area (Å²) >= 11 is 0. The zero-order chi connectivity index (χ0) is 30.0. The minimum Gasteiger partial charge on any atom is -0.451 e. The van der Waals surface area contributed by atoms with E-state index in [4.69, 9.17) is 9.90 Å². The minimum absolute atomic E-state index is 0.111. The van der Waals surface area contributed by atoms with Crippen molar-refractivity contribution in [3.63, 3.8) is 0 Å². The van der Waals surface area contributed by atoms with Crippen molar-refractivity contribution in [2.75, 3.05) is 0 Å². The molecule has 0 unspecified atom stereocenters. The second-order valence-corrected chi connectivity index (χ2v) is 12.5. The molecule has 0 aliphatic heterocycles. The molecule has 2 heterocycles. The highest BCUT2D eigenvalue weighted by Crippen LogP contribution is 2.51. The van der Waals surface area contributed by atoms with Gasteiger partial charge in [0.25, 0.3) is 0 Å². The van der Waals surface area contributed by atoms with Gasteiger partial charge in [0.1, 0.15) is 5.69 Å². The highest BCUT2D eigenvalue weighted by molar-refractivity contribution is 6.11. The topological polar surface area (TPSA) is 26.0 Å². The molecule has 184 valence electrons. The molecule has 0 saturated heterocycles. The first-order valence-electron chi connectivity index (χ1n) is 15.1. The number of benzene rings is 3. The second kappa shape index (κ2) is 7.41. The van der Waals surface area contributed by atoms with E-state index in [9.17, 15) is 1.37 Å². The third kappa shape index (κ3) is 3.32. The van der Waals surface area contributed by atoms with Crippen molar-refractivity contribution in [1.82, 2.24) is 4.98 Å². The average molecular weight is 485 g/mol. The van der Waals surface area contributed by atoms with E-state index in [1.54, 1.807) is 18.3 Å². The predicted molar refractivity (Wildman–Crippen MR) is 148 cm³/mol. The SMILES string of the molecule is [2H]c1c([2H])c([2H])c2c(C(C)(C)C)c([2H])c(-c3nccc4c3oc3c(F)cc5c(c34)C(C)(C)CCC5(C)C)cc2c1[2H]. The van der Waals surface area contributed by atoms with Crippen LogP contribution in [-0.4, -0.2) is 4.98 Å². The van der Waals surface area contributed by atoms with Crippen LogP contribution in [0.4, 0.5) is 4.39 Å². The fourth-order valence-electron chi connectivity index (χ4n) is 5.85. The molecule has 5 aromatic rings. The predicted octanol–water partition coefficient (Wildman–Crippen LogP) is 9.59. The molecule has 0 atom stereocenters. The van der Waals surface area contributed by atoms with Crippen LogP contribution in [0.15, 0.2) is 59.0 Å². The maximum absolute atomic E-state index is 15.8. The largest absolute Gasteiger partial charge is 0.451 e. The van der Waals surface area contributed by atoms with Crippen LogP contribution in [0.25, 0.3) is 44.0 Å². The third-order valence-corrected chi connectivity index (χ3v) is 7.91. The van der Waals surface area contributed by atoms with Crippen LogP contribution < -0.4 is 0 Å². The number of hydrogen-bond acceptors (Lipinski definition) is 2. The quantitative estimate of drug-likeness (QED) is 0.237. The van der Waals surface area contributed by atoms with Crippen LogP contribution in [-0.2, 0) is 16.2 Å². The summed E-state index contributed by atoms with van der Waals surface area (Å²) in [7, 11) is 0. The smallest absolute Gasteiger partial charge is 0.171 e. The van der Waals surface area contributed by atoms with Gasteiger partial charge in [-0.3, -0.25) is 4.98 Å². The molecule has 1 aliphatic carbocycles. The second-order valence-electron chi connectivity index (χ2n) is 12.5. The fourth-order valence-corrected chi connectivity index (χ4v) is 5.85. The highest BCUT2D eigenvalue weighted by atomic mass is 19.1. The van der Waals surface area contributed by atoms with Crippen molar-refractivity contribution in [2.24, 2.45) is 0 Å². The molecule has 36 heavy (non-hydrogen) atoms. The molecule has 0 bridgehead atoms. The molecule has 6 rings (SSSR count). The molecule has 0 fully saturated rings. The molecular formula is C33H34FNO. The van der Waals surface area contributed by atoms with E-state index in [2.05, 4.69) is 32.7 Å². The summed E-state index contributed by atoms with van der Waals surface area (Å²) in [5, 5.41) is 2.10. The van der Waals surface area contributed by atoms with Crippen LogP contribution in [0.5, 0.6) is 0 Å². The standard InChI is InChI=1S/C33H34FNO/c1-31(2,3)23-17-20(16-19-10-8-9-11-21(19)23)28-29-22(12-15-35-28)26-27-24(18-25(34)30(26)36-29)32(4,5)13-14-33(27,6)7/h8-12,15-18H,13-14H2,1-7H3/i8D,9D,10D,11D,17D. The molecule has 3 heteroatoms. The number of nitrogens with zero attached hydrogens (tertiary/aromatic N) is 1. The number of halogens is 1. The lowest BCUT2D eigenvalue weighted by Gasteiger charge is -2.42. The van der Waals surface area contributed by atoms with Gasteiger partial charge in [0.15, 0.2) is 17.0 Å². The molecule has 1 aliphatic rings. The Morgan fingerprint density at radius 2 is 1.69 bits per heavy atom. The number of fused-ring (bicyclic) bond motifs is 6. The number of pyridine rings is 1. The number of hydrogen-bond donors (Lipinski definition) is 0. The van der Waals surface area contributed by atoms with Crippen LogP contribution in [0, 0.1) is 5.82 Å². The van der Waals surface area contributed by atoms with E-state index in [0.29, 0.717) is 33.2 Å². The summed E-state index contributed by atoms with van der Waals surface area (Å²) in [5.41, 5.74) is 2.81. The van der Waals surface area contributed by atoms with Gasteiger partial charge in [-0.05, 0) is 80.8 Å². The summed E-state index contributed by atoms with van der Waals surface area (Å²) in [5.74, 6) is -0.430. The van der Waals surface area contributed by atoms with Crippen molar-refractivity contribution in [3.05, 3.63) is 77.1 Å².